The van der Waals surface area contributed by atoms with Crippen molar-refractivity contribution < 1.29 is 31.5 Å². The van der Waals surface area contributed by atoms with Crippen LogP contribution in [0.5, 0.6) is 0 Å². The van der Waals surface area contributed by atoms with Crippen LogP contribution in [-0.4, -0.2) is 42.4 Å². The number of halogens is 3. The van der Waals surface area contributed by atoms with E-state index in [4.69, 9.17) is 5.11 Å². The van der Waals surface area contributed by atoms with Crippen LogP contribution in [0.25, 0.3) is 0 Å². The first-order valence-electron chi connectivity index (χ1n) is 5.69. The second-order valence-corrected chi connectivity index (χ2v) is 6.39. The normalized spacial score (nSPS) is 14.2. The number of hydrogen-bond acceptors (Lipinski definition) is 4. The number of rotatable bonds is 5. The average molecular weight is 326 g/mol. The van der Waals surface area contributed by atoms with Gasteiger partial charge in [0.2, 0.25) is 10.0 Å². The van der Waals surface area contributed by atoms with Crippen LogP contribution in [-0.2, 0) is 21.0 Å². The summed E-state index contributed by atoms with van der Waals surface area (Å²) in [6.45, 7) is 0.798. The number of nitrogens with zero attached hydrogens (tertiary/aromatic N) is 2. The van der Waals surface area contributed by atoms with Gasteiger partial charge in [0, 0.05) is 19.8 Å². The van der Waals surface area contributed by atoms with E-state index in [9.17, 15) is 26.4 Å². The Morgan fingerprint density at radius 1 is 1.48 bits per heavy atom. The minimum atomic E-state index is -4.93. The van der Waals surface area contributed by atoms with Gasteiger partial charge >= 0.3 is 12.1 Å². The molecule has 0 saturated carbocycles. The van der Waals surface area contributed by atoms with Crippen molar-refractivity contribution in [2.75, 3.05) is 13.6 Å². The highest BCUT2D eigenvalue weighted by Gasteiger charge is 2.40. The zero-order valence-electron chi connectivity index (χ0n) is 11.1. The van der Waals surface area contributed by atoms with Crippen LogP contribution in [0.4, 0.5) is 13.2 Å². The third kappa shape index (κ3) is 3.91. The molecule has 21 heavy (non-hydrogen) atoms. The smallest absolute Gasteiger partial charge is 0.434 e. The molecule has 0 amide bonds. The zero-order chi connectivity index (χ0) is 16.4. The number of carboxylic acids is 1. The fourth-order valence-corrected chi connectivity index (χ4v) is 2.96. The highest BCUT2D eigenvalue weighted by molar-refractivity contribution is 7.89. The number of hydrogen-bond donors (Lipinski definition) is 1. The molecule has 1 heterocycles. The van der Waals surface area contributed by atoms with Crippen LogP contribution < -0.4 is 0 Å². The molecule has 1 rings (SSSR count). The average Bonchev–Trinajstić information content (AvgIpc) is 2.37. The van der Waals surface area contributed by atoms with Crippen LogP contribution in [0.2, 0.25) is 0 Å². The van der Waals surface area contributed by atoms with Gasteiger partial charge in [0.15, 0.2) is 5.69 Å². The van der Waals surface area contributed by atoms with Gasteiger partial charge in [-0.05, 0) is 12.1 Å². The summed E-state index contributed by atoms with van der Waals surface area (Å²) in [4.78, 5) is 12.8. The van der Waals surface area contributed by atoms with Crippen molar-refractivity contribution in [1.82, 2.24) is 9.29 Å². The molecule has 1 N–H and O–H groups in total. The SMILES string of the molecule is CC(CN(C)S(=O)(=O)c1cccnc1C(F)(F)F)C(=O)O. The van der Waals surface area contributed by atoms with E-state index >= 15 is 0 Å². The summed E-state index contributed by atoms with van der Waals surface area (Å²) < 4.78 is 63.2. The van der Waals surface area contributed by atoms with E-state index in [0.29, 0.717) is 4.31 Å². The van der Waals surface area contributed by atoms with Crippen molar-refractivity contribution in [1.29, 1.82) is 0 Å². The summed E-state index contributed by atoms with van der Waals surface area (Å²) in [6.07, 6.45) is -4.09. The lowest BCUT2D eigenvalue weighted by atomic mass is 10.2. The molecular formula is C11H13F3N2O4S. The summed E-state index contributed by atoms with van der Waals surface area (Å²) >= 11 is 0. The van der Waals surface area contributed by atoms with E-state index in [-0.39, 0.29) is 0 Å². The Morgan fingerprint density at radius 2 is 2.05 bits per heavy atom. The maximum Gasteiger partial charge on any atom is 0.434 e. The predicted octanol–water partition coefficient (Wildman–Crippen LogP) is 1.44. The van der Waals surface area contributed by atoms with E-state index in [1.165, 1.54) is 6.92 Å². The molecule has 0 aromatic carbocycles. The first-order chi connectivity index (χ1) is 9.48. The Labute approximate surface area is 119 Å². The molecule has 0 radical (unpaired) electrons. The van der Waals surface area contributed by atoms with Crippen LogP contribution in [0.3, 0.4) is 0 Å². The predicted molar refractivity (Wildman–Crippen MR) is 65.9 cm³/mol. The van der Waals surface area contributed by atoms with Crippen molar-refractivity contribution >= 4 is 16.0 Å². The molecule has 0 saturated heterocycles. The molecule has 0 fully saturated rings. The minimum absolute atomic E-state index is 0.455. The van der Waals surface area contributed by atoms with Gasteiger partial charge in [0.05, 0.1) is 5.92 Å². The number of carboxylic acid groups (broad SMARTS) is 1. The van der Waals surface area contributed by atoms with Gasteiger partial charge in [-0.2, -0.15) is 13.2 Å². The fraction of sp³-hybridized carbons (Fsp3) is 0.455. The van der Waals surface area contributed by atoms with Gasteiger partial charge in [-0.25, -0.2) is 12.7 Å². The lowest BCUT2D eigenvalue weighted by Crippen LogP contribution is -2.35. The van der Waals surface area contributed by atoms with Gasteiger partial charge in [-0.15, -0.1) is 0 Å². The monoisotopic (exact) mass is 326 g/mol. The van der Waals surface area contributed by atoms with Crippen molar-refractivity contribution in [2.24, 2.45) is 5.92 Å². The summed E-state index contributed by atoms with van der Waals surface area (Å²) in [5.74, 6) is -2.31. The summed E-state index contributed by atoms with van der Waals surface area (Å²) in [5.41, 5.74) is -1.53. The Balaban J connectivity index is 3.23. The van der Waals surface area contributed by atoms with E-state index in [0.717, 1.165) is 25.4 Å². The van der Waals surface area contributed by atoms with Crippen LogP contribution in [0.15, 0.2) is 23.2 Å². The summed E-state index contributed by atoms with van der Waals surface area (Å²) in [5, 5.41) is 8.74. The van der Waals surface area contributed by atoms with Gasteiger partial charge in [0.1, 0.15) is 4.90 Å². The highest BCUT2D eigenvalue weighted by atomic mass is 32.2. The minimum Gasteiger partial charge on any atom is -0.481 e. The molecule has 1 aromatic rings. The van der Waals surface area contributed by atoms with Crippen molar-refractivity contribution in [3.63, 3.8) is 0 Å². The van der Waals surface area contributed by atoms with E-state index < -0.39 is 45.2 Å². The largest absolute Gasteiger partial charge is 0.481 e. The molecule has 10 heteroatoms. The third-order valence-electron chi connectivity index (χ3n) is 2.68. The number of aromatic nitrogens is 1. The lowest BCUT2D eigenvalue weighted by Gasteiger charge is -2.21. The molecule has 118 valence electrons. The maximum atomic E-state index is 12.8. The Bertz CT molecular complexity index is 631. The standard InChI is InChI=1S/C11H13F3N2O4S/c1-7(10(17)18)6-16(2)21(19,20)8-4-3-5-15-9(8)11(12,13)14/h3-5,7H,6H2,1-2H3,(H,17,18). The Morgan fingerprint density at radius 3 is 2.52 bits per heavy atom. The van der Waals surface area contributed by atoms with Crippen molar-refractivity contribution in [3.8, 4) is 0 Å². The van der Waals surface area contributed by atoms with Gasteiger partial charge in [-0.3, -0.25) is 9.78 Å². The van der Waals surface area contributed by atoms with E-state index in [2.05, 4.69) is 4.98 Å². The van der Waals surface area contributed by atoms with E-state index in [1.54, 1.807) is 0 Å². The maximum absolute atomic E-state index is 12.8. The lowest BCUT2D eigenvalue weighted by molar-refractivity contribution is -0.144. The zero-order valence-corrected chi connectivity index (χ0v) is 11.9. The number of pyridine rings is 1. The highest BCUT2D eigenvalue weighted by Crippen LogP contribution is 2.33. The second-order valence-electron chi connectivity index (χ2n) is 4.37. The van der Waals surface area contributed by atoms with Gasteiger partial charge < -0.3 is 5.11 Å². The van der Waals surface area contributed by atoms with Crippen LogP contribution in [0, 0.1) is 5.92 Å². The molecule has 6 nitrogen and oxygen atoms in total. The molecular weight excluding hydrogens is 313 g/mol. The molecule has 1 atom stereocenters. The van der Waals surface area contributed by atoms with Crippen LogP contribution in [0.1, 0.15) is 12.6 Å². The fourth-order valence-electron chi connectivity index (χ4n) is 1.54. The summed E-state index contributed by atoms with van der Waals surface area (Å²) in [7, 11) is -3.48. The topological polar surface area (TPSA) is 87.6 Å². The number of sulfonamides is 1. The molecule has 0 bridgehead atoms. The number of alkyl halides is 3. The molecule has 0 aliphatic rings. The quantitative estimate of drug-likeness (QED) is 0.885. The number of carbonyl (C=O) groups is 1. The Kier molecular flexibility index (Phi) is 4.95. The van der Waals surface area contributed by atoms with Gasteiger partial charge in [-0.1, -0.05) is 6.92 Å². The number of aliphatic carboxylic acids is 1. The second kappa shape index (κ2) is 5.98. The third-order valence-corrected chi connectivity index (χ3v) is 4.53. The Hall–Kier alpha value is -1.68. The first kappa shape index (κ1) is 17.4. The van der Waals surface area contributed by atoms with E-state index in [1.807, 2.05) is 0 Å². The summed E-state index contributed by atoms with van der Waals surface area (Å²) in [6, 6.07) is 1.85. The van der Waals surface area contributed by atoms with Crippen molar-refractivity contribution in [3.05, 3.63) is 24.0 Å². The van der Waals surface area contributed by atoms with Crippen molar-refractivity contribution in [2.45, 2.75) is 18.0 Å². The van der Waals surface area contributed by atoms with Crippen LogP contribution >= 0.6 is 0 Å². The first-order valence-corrected chi connectivity index (χ1v) is 7.13. The molecule has 1 aromatic heterocycles. The molecule has 0 aliphatic carbocycles. The molecule has 0 aliphatic heterocycles. The van der Waals surface area contributed by atoms with Gasteiger partial charge in [0.25, 0.3) is 0 Å². The molecule has 0 spiro atoms. The molecule has 1 unspecified atom stereocenters.